The van der Waals surface area contributed by atoms with Crippen molar-refractivity contribution in [2.45, 2.75) is 31.3 Å². The first-order chi connectivity index (χ1) is 9.90. The van der Waals surface area contributed by atoms with Crippen LogP contribution in [0.2, 0.25) is 0 Å². The molecule has 1 aromatic rings. The molecule has 0 spiro atoms. The van der Waals surface area contributed by atoms with E-state index in [1.54, 1.807) is 24.3 Å². The highest BCUT2D eigenvalue weighted by Crippen LogP contribution is 2.13. The Balaban J connectivity index is 2.54. The van der Waals surface area contributed by atoms with Crippen LogP contribution < -0.4 is 16.8 Å². The van der Waals surface area contributed by atoms with Crippen molar-refractivity contribution in [1.82, 2.24) is 5.32 Å². The summed E-state index contributed by atoms with van der Waals surface area (Å²) in [5.74, 6) is -2.31. The van der Waals surface area contributed by atoms with Gasteiger partial charge in [0.05, 0.1) is 0 Å². The summed E-state index contributed by atoms with van der Waals surface area (Å²) in [6, 6.07) is 7.37. The van der Waals surface area contributed by atoms with Crippen LogP contribution in [-0.4, -0.2) is 28.9 Å². The minimum atomic E-state index is -1.21. The van der Waals surface area contributed by atoms with Gasteiger partial charge >= 0.3 is 5.97 Å². The number of hydrogen-bond donors (Lipinski definition) is 4. The predicted molar refractivity (Wildman–Crippen MR) is 76.0 cm³/mol. The minimum absolute atomic E-state index is 0.0373. The molecule has 1 rings (SSSR count). The molecule has 0 aliphatic rings. The van der Waals surface area contributed by atoms with Gasteiger partial charge in [0.25, 0.3) is 0 Å². The van der Waals surface area contributed by atoms with Gasteiger partial charge in [-0.15, -0.1) is 0 Å². The number of primary amides is 1. The molecule has 6 N–H and O–H groups in total. The molecule has 0 heterocycles. The summed E-state index contributed by atoms with van der Waals surface area (Å²) in [5, 5.41) is 11.3. The average Bonchev–Trinajstić information content (AvgIpc) is 2.43. The Morgan fingerprint density at radius 3 is 2.33 bits per heavy atom. The Morgan fingerprint density at radius 1 is 1.19 bits per heavy atom. The number of carboxylic acid groups (broad SMARTS) is 1. The van der Waals surface area contributed by atoms with Crippen molar-refractivity contribution >= 4 is 17.8 Å². The number of nitrogens with two attached hydrogens (primary N) is 2. The summed E-state index contributed by atoms with van der Waals surface area (Å²) in [4.78, 5) is 33.5. The lowest BCUT2D eigenvalue weighted by Crippen LogP contribution is -2.42. The first-order valence-corrected chi connectivity index (χ1v) is 6.51. The molecule has 0 saturated heterocycles. The molecule has 0 aromatic heterocycles. The van der Waals surface area contributed by atoms with Gasteiger partial charge in [0.2, 0.25) is 11.8 Å². The molecule has 2 amide bonds. The quantitative estimate of drug-likeness (QED) is 0.531. The molecule has 0 bridgehead atoms. The first-order valence-electron chi connectivity index (χ1n) is 6.51. The van der Waals surface area contributed by atoms with E-state index < -0.39 is 29.9 Å². The molecular weight excluding hydrogens is 274 g/mol. The van der Waals surface area contributed by atoms with E-state index in [1.165, 1.54) is 0 Å². The minimum Gasteiger partial charge on any atom is -0.480 e. The second-order valence-electron chi connectivity index (χ2n) is 4.68. The summed E-state index contributed by atoms with van der Waals surface area (Å²) in [6.07, 6.45) is -0.191. The zero-order valence-corrected chi connectivity index (χ0v) is 11.5. The average molecular weight is 293 g/mol. The van der Waals surface area contributed by atoms with Crippen molar-refractivity contribution in [2.75, 3.05) is 0 Å². The fraction of sp³-hybridized carbons (Fsp3) is 0.357. The van der Waals surface area contributed by atoms with Crippen molar-refractivity contribution in [3.63, 3.8) is 0 Å². The van der Waals surface area contributed by atoms with E-state index in [1.807, 2.05) is 6.07 Å². The highest BCUT2D eigenvalue weighted by molar-refractivity contribution is 5.84. The number of carbonyl (C=O) groups excluding carboxylic acids is 2. The molecule has 21 heavy (non-hydrogen) atoms. The third-order valence-electron chi connectivity index (χ3n) is 2.95. The zero-order chi connectivity index (χ0) is 15.8. The normalized spacial score (nSPS) is 13.2. The maximum Gasteiger partial charge on any atom is 0.326 e. The van der Waals surface area contributed by atoms with Gasteiger partial charge in [-0.05, 0) is 12.0 Å². The molecule has 2 atom stereocenters. The summed E-state index contributed by atoms with van der Waals surface area (Å²) in [6.45, 7) is 0. The summed E-state index contributed by atoms with van der Waals surface area (Å²) < 4.78 is 0. The Labute approximate surface area is 122 Å². The molecule has 0 fully saturated rings. The lowest BCUT2D eigenvalue weighted by Gasteiger charge is -2.16. The van der Waals surface area contributed by atoms with E-state index in [9.17, 15) is 14.4 Å². The fourth-order valence-corrected chi connectivity index (χ4v) is 1.82. The van der Waals surface area contributed by atoms with Crippen LogP contribution in [-0.2, 0) is 14.4 Å². The van der Waals surface area contributed by atoms with Crippen molar-refractivity contribution in [2.24, 2.45) is 11.5 Å². The van der Waals surface area contributed by atoms with Crippen LogP contribution in [0, 0.1) is 0 Å². The standard InChI is InChI=1S/C14H19N3O4/c15-10(9-4-2-1-3-5-9)8-13(19)17-11(14(20)21)6-7-12(16)18/h1-5,10-11H,6-8,15H2,(H2,16,18)(H,17,19)(H,20,21). The second kappa shape index (κ2) is 8.01. The van der Waals surface area contributed by atoms with E-state index in [2.05, 4.69) is 5.32 Å². The lowest BCUT2D eigenvalue weighted by molar-refractivity contribution is -0.142. The number of aliphatic carboxylic acids is 1. The predicted octanol–water partition coefficient (Wildman–Crippen LogP) is -0.0886. The number of carbonyl (C=O) groups is 3. The van der Waals surface area contributed by atoms with Gasteiger partial charge in [0.15, 0.2) is 0 Å². The van der Waals surface area contributed by atoms with Gasteiger partial charge in [-0.3, -0.25) is 9.59 Å². The van der Waals surface area contributed by atoms with E-state index in [4.69, 9.17) is 16.6 Å². The van der Waals surface area contributed by atoms with Crippen molar-refractivity contribution in [1.29, 1.82) is 0 Å². The number of benzene rings is 1. The van der Waals surface area contributed by atoms with E-state index in [0.717, 1.165) is 5.56 Å². The zero-order valence-electron chi connectivity index (χ0n) is 11.5. The first kappa shape index (κ1) is 16.6. The second-order valence-corrected chi connectivity index (χ2v) is 4.68. The van der Waals surface area contributed by atoms with Crippen LogP contribution >= 0.6 is 0 Å². The maximum absolute atomic E-state index is 11.8. The van der Waals surface area contributed by atoms with Crippen LogP contribution in [0.3, 0.4) is 0 Å². The highest BCUT2D eigenvalue weighted by Gasteiger charge is 2.21. The van der Waals surface area contributed by atoms with Crippen molar-refractivity contribution in [3.8, 4) is 0 Å². The van der Waals surface area contributed by atoms with Gasteiger partial charge in [0.1, 0.15) is 6.04 Å². The summed E-state index contributed by atoms with van der Waals surface area (Å²) in [5.41, 5.74) is 11.6. The third kappa shape index (κ3) is 6.05. The van der Waals surface area contributed by atoms with Gasteiger partial charge in [-0.25, -0.2) is 4.79 Å². The molecule has 0 aliphatic carbocycles. The Hall–Kier alpha value is -2.41. The topological polar surface area (TPSA) is 136 Å². The van der Waals surface area contributed by atoms with Gasteiger partial charge in [-0.2, -0.15) is 0 Å². The molecule has 0 aliphatic heterocycles. The number of rotatable bonds is 8. The van der Waals surface area contributed by atoms with Crippen molar-refractivity contribution in [3.05, 3.63) is 35.9 Å². The van der Waals surface area contributed by atoms with Crippen LogP contribution in [0.15, 0.2) is 30.3 Å². The van der Waals surface area contributed by atoms with E-state index >= 15 is 0 Å². The van der Waals surface area contributed by atoms with Gasteiger partial charge in [-0.1, -0.05) is 30.3 Å². The van der Waals surface area contributed by atoms with Crippen LogP contribution in [0.4, 0.5) is 0 Å². The largest absolute Gasteiger partial charge is 0.480 e. The summed E-state index contributed by atoms with van der Waals surface area (Å²) in [7, 11) is 0. The fourth-order valence-electron chi connectivity index (χ4n) is 1.82. The molecule has 2 unspecified atom stereocenters. The molecular formula is C14H19N3O4. The molecule has 7 heteroatoms. The van der Waals surface area contributed by atoms with E-state index in [0.29, 0.717) is 0 Å². The third-order valence-corrected chi connectivity index (χ3v) is 2.95. The molecule has 1 aromatic carbocycles. The number of hydrogen-bond acceptors (Lipinski definition) is 4. The van der Waals surface area contributed by atoms with Gasteiger partial charge < -0.3 is 21.9 Å². The molecule has 7 nitrogen and oxygen atoms in total. The van der Waals surface area contributed by atoms with Crippen LogP contribution in [0.5, 0.6) is 0 Å². The number of nitrogens with one attached hydrogen (secondary N) is 1. The molecule has 114 valence electrons. The number of carboxylic acids is 1. The SMILES string of the molecule is NC(=O)CCC(NC(=O)CC(N)c1ccccc1)C(=O)O. The van der Waals surface area contributed by atoms with Gasteiger partial charge in [0, 0.05) is 18.9 Å². The Kier molecular flexibility index (Phi) is 6.35. The maximum atomic E-state index is 11.8. The Morgan fingerprint density at radius 2 is 1.81 bits per heavy atom. The highest BCUT2D eigenvalue weighted by atomic mass is 16.4. The van der Waals surface area contributed by atoms with E-state index in [-0.39, 0.29) is 19.3 Å². The lowest BCUT2D eigenvalue weighted by atomic mass is 10.0. The Bertz CT molecular complexity index is 504. The number of amides is 2. The monoisotopic (exact) mass is 293 g/mol. The van der Waals surface area contributed by atoms with Crippen molar-refractivity contribution < 1.29 is 19.5 Å². The molecule has 0 radical (unpaired) electrons. The summed E-state index contributed by atoms with van der Waals surface area (Å²) >= 11 is 0. The van der Waals surface area contributed by atoms with Crippen LogP contribution in [0.25, 0.3) is 0 Å². The molecule has 0 saturated carbocycles. The van der Waals surface area contributed by atoms with Crippen LogP contribution in [0.1, 0.15) is 30.9 Å². The smallest absolute Gasteiger partial charge is 0.326 e.